The minimum absolute atomic E-state index is 1.46. The van der Waals surface area contributed by atoms with E-state index < -0.39 is 48.8 Å². The van der Waals surface area contributed by atoms with Crippen LogP contribution in [-0.2, 0) is 10.7 Å². The fourth-order valence-corrected chi connectivity index (χ4v) is 1.31. The summed E-state index contributed by atoms with van der Waals surface area (Å²) in [6.45, 7) is 0. The second-order valence-electron chi connectivity index (χ2n) is 2.57. The van der Waals surface area contributed by atoms with Gasteiger partial charge in [-0.05, 0) is 0 Å². The standard InChI is InChI=1S/C7F7OP/c8-2-1(7(12,13)14)3(9)5(11)6(16-15)4(2)10. The summed E-state index contributed by atoms with van der Waals surface area (Å²) in [5.74, 6) is -9.90. The lowest BCUT2D eigenvalue weighted by Gasteiger charge is -2.11. The molecule has 16 heavy (non-hydrogen) atoms. The highest BCUT2D eigenvalue weighted by atomic mass is 31.1. The topological polar surface area (TPSA) is 17.1 Å². The Hall–Kier alpha value is -1.17. The Labute approximate surface area is 85.1 Å². The van der Waals surface area contributed by atoms with Crippen molar-refractivity contribution in [2.75, 3.05) is 0 Å². The molecule has 9 heteroatoms. The lowest BCUT2D eigenvalue weighted by Crippen LogP contribution is -2.21. The van der Waals surface area contributed by atoms with E-state index in [1.165, 1.54) is 0 Å². The smallest absolute Gasteiger partial charge is 0.269 e. The first-order valence-electron chi connectivity index (χ1n) is 3.48. The quantitative estimate of drug-likeness (QED) is 0.432. The van der Waals surface area contributed by atoms with Gasteiger partial charge in [0.15, 0.2) is 31.7 Å². The van der Waals surface area contributed by atoms with E-state index in [1.54, 1.807) is 0 Å². The Morgan fingerprint density at radius 3 is 1.44 bits per heavy atom. The van der Waals surface area contributed by atoms with Crippen LogP contribution < -0.4 is 5.30 Å². The van der Waals surface area contributed by atoms with Crippen LogP contribution in [0.2, 0.25) is 0 Å². The third kappa shape index (κ3) is 1.89. The van der Waals surface area contributed by atoms with Crippen LogP contribution in [0.25, 0.3) is 0 Å². The van der Waals surface area contributed by atoms with Gasteiger partial charge in [0, 0.05) is 0 Å². The van der Waals surface area contributed by atoms with Gasteiger partial charge in [0.1, 0.15) is 10.9 Å². The molecule has 0 aliphatic carbocycles. The van der Waals surface area contributed by atoms with Crippen LogP contribution in [0.5, 0.6) is 0 Å². The van der Waals surface area contributed by atoms with E-state index in [2.05, 4.69) is 0 Å². The van der Waals surface area contributed by atoms with Crippen LogP contribution in [0.4, 0.5) is 30.7 Å². The van der Waals surface area contributed by atoms with Crippen molar-refractivity contribution >= 4 is 13.8 Å². The molecule has 1 aromatic carbocycles. The number of alkyl halides is 3. The Bertz CT molecular complexity index is 424. The molecule has 1 aromatic rings. The van der Waals surface area contributed by atoms with Gasteiger partial charge in [-0.1, -0.05) is 0 Å². The highest BCUT2D eigenvalue weighted by molar-refractivity contribution is 7.34. The molecule has 0 radical (unpaired) electrons. The van der Waals surface area contributed by atoms with Crippen LogP contribution in [-0.4, -0.2) is 0 Å². The summed E-state index contributed by atoms with van der Waals surface area (Å²) in [5, 5.41) is -1.62. The third-order valence-electron chi connectivity index (χ3n) is 1.61. The van der Waals surface area contributed by atoms with Gasteiger partial charge in [0.2, 0.25) is 0 Å². The van der Waals surface area contributed by atoms with Gasteiger partial charge in [-0.2, -0.15) is 13.2 Å². The number of rotatable bonds is 1. The molecular weight excluding hydrogens is 264 g/mol. The minimum atomic E-state index is -5.59. The largest absolute Gasteiger partial charge is 0.422 e. The van der Waals surface area contributed by atoms with E-state index in [0.717, 1.165) is 0 Å². The van der Waals surface area contributed by atoms with Gasteiger partial charge in [0.25, 0.3) is 0 Å². The molecule has 0 bridgehead atoms. The average molecular weight is 264 g/mol. The van der Waals surface area contributed by atoms with Crippen LogP contribution in [0.15, 0.2) is 0 Å². The summed E-state index contributed by atoms with van der Waals surface area (Å²) in [7, 11) is -1.46. The lowest BCUT2D eigenvalue weighted by atomic mass is 10.1. The molecule has 0 unspecified atom stereocenters. The van der Waals surface area contributed by atoms with E-state index in [4.69, 9.17) is 0 Å². The SMILES string of the molecule is O=Pc1c(F)c(F)c(C(F)(F)F)c(F)c1F. The summed E-state index contributed by atoms with van der Waals surface area (Å²) >= 11 is 0. The Balaban J connectivity index is 3.74. The first-order chi connectivity index (χ1) is 7.21. The monoisotopic (exact) mass is 264 g/mol. The molecule has 0 atom stereocenters. The van der Waals surface area contributed by atoms with Crippen LogP contribution in [0.1, 0.15) is 5.56 Å². The minimum Gasteiger partial charge on any atom is -0.269 e. The summed E-state index contributed by atoms with van der Waals surface area (Å²) in [6, 6.07) is 0. The molecule has 0 aliphatic heterocycles. The highest BCUT2D eigenvalue weighted by Gasteiger charge is 2.42. The second-order valence-corrected chi connectivity index (χ2v) is 3.20. The molecule has 0 heterocycles. The first-order valence-corrected chi connectivity index (χ1v) is 4.29. The van der Waals surface area contributed by atoms with Gasteiger partial charge in [-0.25, -0.2) is 17.6 Å². The lowest BCUT2D eigenvalue weighted by molar-refractivity contribution is -0.143. The van der Waals surface area contributed by atoms with Crippen molar-refractivity contribution in [1.82, 2.24) is 0 Å². The van der Waals surface area contributed by atoms with Crippen molar-refractivity contribution in [1.29, 1.82) is 0 Å². The molecule has 88 valence electrons. The summed E-state index contributed by atoms with van der Waals surface area (Å²) in [6.07, 6.45) is -5.59. The van der Waals surface area contributed by atoms with E-state index in [-0.39, 0.29) is 0 Å². The first kappa shape index (κ1) is 12.9. The van der Waals surface area contributed by atoms with Crippen molar-refractivity contribution in [3.05, 3.63) is 28.8 Å². The van der Waals surface area contributed by atoms with Gasteiger partial charge < -0.3 is 0 Å². The van der Waals surface area contributed by atoms with Crippen molar-refractivity contribution in [3.8, 4) is 0 Å². The summed E-state index contributed by atoms with van der Waals surface area (Å²) < 4.78 is 97.1. The van der Waals surface area contributed by atoms with Crippen LogP contribution in [0, 0.1) is 23.3 Å². The molecule has 0 aliphatic rings. The maximum absolute atomic E-state index is 12.7. The fraction of sp³-hybridized carbons (Fsp3) is 0.143. The zero-order valence-electron chi connectivity index (χ0n) is 7.00. The molecule has 0 aromatic heterocycles. The van der Waals surface area contributed by atoms with E-state index in [1.807, 2.05) is 0 Å². The zero-order valence-corrected chi connectivity index (χ0v) is 7.90. The molecule has 1 nitrogen and oxygen atoms in total. The van der Waals surface area contributed by atoms with Gasteiger partial charge in [0.05, 0.1) is 0 Å². The van der Waals surface area contributed by atoms with Gasteiger partial charge in [-0.3, -0.25) is 4.57 Å². The van der Waals surface area contributed by atoms with Crippen LogP contribution in [0.3, 0.4) is 0 Å². The van der Waals surface area contributed by atoms with Crippen molar-refractivity contribution in [3.63, 3.8) is 0 Å². The van der Waals surface area contributed by atoms with Gasteiger partial charge >= 0.3 is 6.18 Å². The van der Waals surface area contributed by atoms with Crippen molar-refractivity contribution in [2.24, 2.45) is 0 Å². The Morgan fingerprint density at radius 1 is 0.812 bits per heavy atom. The summed E-state index contributed by atoms with van der Waals surface area (Å²) in [4.78, 5) is 0. The maximum Gasteiger partial charge on any atom is 0.422 e. The molecule has 0 fully saturated rings. The van der Waals surface area contributed by atoms with Crippen LogP contribution >= 0.6 is 8.46 Å². The third-order valence-corrected chi connectivity index (χ3v) is 2.19. The average Bonchev–Trinajstić information content (AvgIpc) is 2.14. The molecule has 1 rings (SSSR count). The number of hydrogen-bond acceptors (Lipinski definition) is 1. The predicted octanol–water partition coefficient (Wildman–Crippen LogP) is 3.18. The maximum atomic E-state index is 12.7. The van der Waals surface area contributed by atoms with E-state index in [9.17, 15) is 35.3 Å². The number of benzene rings is 1. The zero-order chi connectivity index (χ0) is 12.7. The van der Waals surface area contributed by atoms with Crippen molar-refractivity contribution in [2.45, 2.75) is 6.18 Å². The molecule has 0 saturated heterocycles. The van der Waals surface area contributed by atoms with E-state index >= 15 is 0 Å². The Kier molecular flexibility index (Phi) is 3.23. The molecule has 0 spiro atoms. The molecular formula is C7F7OP. The Morgan fingerprint density at radius 2 is 1.19 bits per heavy atom. The second kappa shape index (κ2) is 4.01. The van der Waals surface area contributed by atoms with Gasteiger partial charge in [-0.15, -0.1) is 0 Å². The number of hydrogen-bond donors (Lipinski definition) is 0. The molecule has 0 amide bonds. The highest BCUT2D eigenvalue weighted by Crippen LogP contribution is 2.35. The summed E-state index contributed by atoms with van der Waals surface area (Å²) in [5.41, 5.74) is -2.69. The predicted molar refractivity (Wildman–Crippen MR) is 38.5 cm³/mol. The van der Waals surface area contributed by atoms with Crippen molar-refractivity contribution < 1.29 is 35.3 Å². The molecule has 0 saturated carbocycles. The van der Waals surface area contributed by atoms with E-state index in [0.29, 0.717) is 0 Å². The normalized spacial score (nSPS) is 12.2. The fourth-order valence-electron chi connectivity index (χ4n) is 0.949. The number of halogens is 7. The molecule has 0 N–H and O–H groups in total.